The fraction of sp³-hybridized carbons (Fsp3) is 0.316. The minimum Gasteiger partial charge on any atom is -0.468 e. The third kappa shape index (κ3) is 5.78. The Hall–Kier alpha value is -2.42. The van der Waals surface area contributed by atoms with Gasteiger partial charge in [0.25, 0.3) is 5.91 Å². The molecule has 7 nitrogen and oxygen atoms in total. The van der Waals surface area contributed by atoms with Crippen LogP contribution >= 0.6 is 0 Å². The highest BCUT2D eigenvalue weighted by atomic mass is 32.2. The number of hydrazine groups is 1. The van der Waals surface area contributed by atoms with Gasteiger partial charge in [-0.05, 0) is 48.7 Å². The second-order valence-corrected chi connectivity index (χ2v) is 8.10. The standard InChI is InChI=1S/C19H23N3O4S/c23-19(21-22-12-2-1-3-13-22)11-8-16-6-9-18(10-7-16)27(24,25)20-15-17-5-4-14-26-17/h4-11,14,20H,1-3,12-13,15H2,(H,21,23)/b11-8+. The number of amides is 1. The van der Waals surface area contributed by atoms with Gasteiger partial charge in [0, 0.05) is 19.2 Å². The van der Waals surface area contributed by atoms with Crippen LogP contribution in [0.15, 0.2) is 58.1 Å². The van der Waals surface area contributed by atoms with Crippen LogP contribution in [0.25, 0.3) is 6.08 Å². The lowest BCUT2D eigenvalue weighted by atomic mass is 10.2. The van der Waals surface area contributed by atoms with Crippen LogP contribution < -0.4 is 10.1 Å². The SMILES string of the molecule is O=C(/C=C/c1ccc(S(=O)(=O)NCc2ccco2)cc1)NN1CCCCC1. The van der Waals surface area contributed by atoms with Gasteiger partial charge in [-0.2, -0.15) is 0 Å². The van der Waals surface area contributed by atoms with Crippen LogP contribution in [0.3, 0.4) is 0 Å². The Labute approximate surface area is 159 Å². The van der Waals surface area contributed by atoms with Gasteiger partial charge in [-0.3, -0.25) is 10.2 Å². The quantitative estimate of drug-likeness (QED) is 0.709. The highest BCUT2D eigenvalue weighted by molar-refractivity contribution is 7.89. The fourth-order valence-electron chi connectivity index (χ4n) is 2.79. The zero-order chi connectivity index (χ0) is 19.1. The maximum Gasteiger partial charge on any atom is 0.258 e. The molecule has 27 heavy (non-hydrogen) atoms. The van der Waals surface area contributed by atoms with E-state index in [4.69, 9.17) is 4.42 Å². The maximum atomic E-state index is 12.3. The molecule has 0 spiro atoms. The third-order valence-electron chi connectivity index (χ3n) is 4.26. The largest absolute Gasteiger partial charge is 0.468 e. The van der Waals surface area contributed by atoms with Gasteiger partial charge in [-0.25, -0.2) is 18.1 Å². The molecule has 1 aliphatic heterocycles. The molecule has 2 N–H and O–H groups in total. The molecule has 2 aromatic rings. The number of nitrogens with zero attached hydrogens (tertiary/aromatic N) is 1. The Morgan fingerprint density at radius 1 is 1.11 bits per heavy atom. The van der Waals surface area contributed by atoms with Crippen molar-refractivity contribution in [1.29, 1.82) is 0 Å². The summed E-state index contributed by atoms with van der Waals surface area (Å²) in [6.45, 7) is 1.84. The minimum atomic E-state index is -3.62. The summed E-state index contributed by atoms with van der Waals surface area (Å²) in [5, 5.41) is 1.93. The number of hydrogen-bond donors (Lipinski definition) is 2. The molecule has 1 amide bonds. The van der Waals surface area contributed by atoms with Crippen molar-refractivity contribution in [2.24, 2.45) is 0 Å². The zero-order valence-corrected chi connectivity index (χ0v) is 15.7. The lowest BCUT2D eigenvalue weighted by Crippen LogP contribution is -2.44. The molecule has 1 fully saturated rings. The third-order valence-corrected chi connectivity index (χ3v) is 5.68. The molecule has 0 radical (unpaired) electrons. The molecule has 1 aromatic carbocycles. The molecule has 1 aromatic heterocycles. The van der Waals surface area contributed by atoms with Gasteiger partial charge in [-0.15, -0.1) is 0 Å². The molecule has 0 saturated carbocycles. The highest BCUT2D eigenvalue weighted by Gasteiger charge is 2.14. The summed E-state index contributed by atoms with van der Waals surface area (Å²) in [5.41, 5.74) is 3.59. The number of furan rings is 1. The van der Waals surface area contributed by atoms with E-state index in [-0.39, 0.29) is 17.3 Å². The molecule has 0 aliphatic carbocycles. The van der Waals surface area contributed by atoms with E-state index in [9.17, 15) is 13.2 Å². The van der Waals surface area contributed by atoms with Gasteiger partial charge >= 0.3 is 0 Å². The molecule has 0 atom stereocenters. The van der Waals surface area contributed by atoms with E-state index in [1.807, 2.05) is 5.01 Å². The van der Waals surface area contributed by atoms with Crippen LogP contribution in [-0.4, -0.2) is 32.4 Å². The first-order valence-electron chi connectivity index (χ1n) is 8.89. The second kappa shape index (κ2) is 8.98. The van der Waals surface area contributed by atoms with Crippen LogP contribution in [0, 0.1) is 0 Å². The second-order valence-electron chi connectivity index (χ2n) is 6.33. The van der Waals surface area contributed by atoms with Crippen LogP contribution in [0.2, 0.25) is 0 Å². The van der Waals surface area contributed by atoms with Crippen molar-refractivity contribution < 1.29 is 17.6 Å². The summed E-state index contributed by atoms with van der Waals surface area (Å²) >= 11 is 0. The Morgan fingerprint density at radius 3 is 2.52 bits per heavy atom. The summed E-state index contributed by atoms with van der Waals surface area (Å²) < 4.78 is 32.2. The molecule has 1 aliphatic rings. The molecule has 0 bridgehead atoms. The van der Waals surface area contributed by atoms with Crippen molar-refractivity contribution in [2.75, 3.05) is 13.1 Å². The highest BCUT2D eigenvalue weighted by Crippen LogP contribution is 2.13. The summed E-state index contributed by atoms with van der Waals surface area (Å²) in [6, 6.07) is 9.73. The molecule has 1 saturated heterocycles. The van der Waals surface area contributed by atoms with E-state index >= 15 is 0 Å². The first-order chi connectivity index (χ1) is 13.0. The average molecular weight is 389 g/mol. The van der Waals surface area contributed by atoms with Gasteiger partial charge in [-0.1, -0.05) is 18.6 Å². The number of rotatable bonds is 7. The number of sulfonamides is 1. The van der Waals surface area contributed by atoms with E-state index in [0.717, 1.165) is 31.5 Å². The van der Waals surface area contributed by atoms with Crippen molar-refractivity contribution in [3.63, 3.8) is 0 Å². The van der Waals surface area contributed by atoms with Gasteiger partial charge in [0.1, 0.15) is 5.76 Å². The molecule has 0 unspecified atom stereocenters. The molecular formula is C19H23N3O4S. The molecule has 2 heterocycles. The predicted octanol–water partition coefficient (Wildman–Crippen LogP) is 2.29. The molecule has 3 rings (SSSR count). The number of carbonyl (C=O) groups excluding carboxylic acids is 1. The van der Waals surface area contributed by atoms with E-state index < -0.39 is 10.0 Å². The summed E-state index contributed by atoms with van der Waals surface area (Å²) in [5.74, 6) is 0.353. The van der Waals surface area contributed by atoms with Gasteiger partial charge in [0.05, 0.1) is 17.7 Å². The Morgan fingerprint density at radius 2 is 1.85 bits per heavy atom. The van der Waals surface area contributed by atoms with Crippen molar-refractivity contribution >= 4 is 22.0 Å². The Bertz CT molecular complexity index is 868. The van der Waals surface area contributed by atoms with Crippen LogP contribution in [0.4, 0.5) is 0 Å². The molecule has 8 heteroatoms. The number of hydrogen-bond acceptors (Lipinski definition) is 5. The van der Waals surface area contributed by atoms with Gasteiger partial charge in [0.15, 0.2) is 0 Å². The monoisotopic (exact) mass is 389 g/mol. The van der Waals surface area contributed by atoms with E-state index in [1.54, 1.807) is 30.3 Å². The first kappa shape index (κ1) is 19.3. The van der Waals surface area contributed by atoms with Crippen LogP contribution in [0.1, 0.15) is 30.6 Å². The first-order valence-corrected chi connectivity index (χ1v) is 10.4. The van der Waals surface area contributed by atoms with E-state index in [2.05, 4.69) is 10.1 Å². The Balaban J connectivity index is 1.55. The predicted molar refractivity (Wildman–Crippen MR) is 102 cm³/mol. The van der Waals surface area contributed by atoms with Crippen molar-refractivity contribution in [2.45, 2.75) is 30.7 Å². The number of carbonyl (C=O) groups is 1. The number of nitrogens with one attached hydrogen (secondary N) is 2. The van der Waals surface area contributed by atoms with Gasteiger partial charge in [0.2, 0.25) is 10.0 Å². The lowest BCUT2D eigenvalue weighted by molar-refractivity contribution is -0.121. The van der Waals surface area contributed by atoms with Crippen molar-refractivity contribution in [1.82, 2.24) is 15.2 Å². The number of benzene rings is 1. The fourth-order valence-corrected chi connectivity index (χ4v) is 3.78. The Kier molecular flexibility index (Phi) is 6.44. The normalized spacial score (nSPS) is 15.9. The molecule has 144 valence electrons. The average Bonchev–Trinajstić information content (AvgIpc) is 3.20. The molecular weight excluding hydrogens is 366 g/mol. The van der Waals surface area contributed by atoms with E-state index in [1.165, 1.54) is 30.9 Å². The van der Waals surface area contributed by atoms with Crippen molar-refractivity contribution in [3.05, 3.63) is 60.1 Å². The summed E-state index contributed by atoms with van der Waals surface area (Å²) in [6.07, 6.45) is 7.99. The van der Waals surface area contributed by atoms with Crippen molar-refractivity contribution in [3.8, 4) is 0 Å². The smallest absolute Gasteiger partial charge is 0.258 e. The topological polar surface area (TPSA) is 91.6 Å². The van der Waals surface area contributed by atoms with Crippen LogP contribution in [-0.2, 0) is 21.4 Å². The zero-order valence-electron chi connectivity index (χ0n) is 14.9. The van der Waals surface area contributed by atoms with Gasteiger partial charge < -0.3 is 4.42 Å². The van der Waals surface area contributed by atoms with E-state index in [0.29, 0.717) is 5.76 Å². The summed E-state index contributed by atoms with van der Waals surface area (Å²) in [4.78, 5) is 12.1. The minimum absolute atomic E-state index is 0.0909. The summed E-state index contributed by atoms with van der Waals surface area (Å²) in [7, 11) is -3.62. The lowest BCUT2D eigenvalue weighted by Gasteiger charge is -2.26. The maximum absolute atomic E-state index is 12.3. The van der Waals surface area contributed by atoms with Crippen LogP contribution in [0.5, 0.6) is 0 Å². The number of piperidine rings is 1.